The van der Waals surface area contributed by atoms with Crippen LogP contribution in [0.5, 0.6) is 5.75 Å². The van der Waals surface area contributed by atoms with E-state index in [0.29, 0.717) is 5.75 Å². The highest BCUT2D eigenvalue weighted by molar-refractivity contribution is 7.85. The van der Waals surface area contributed by atoms with Gasteiger partial charge in [-0.2, -0.15) is 13.1 Å². The second-order valence-corrected chi connectivity index (χ2v) is 5.52. The van der Waals surface area contributed by atoms with Gasteiger partial charge in [-0.25, -0.2) is 4.98 Å². The van der Waals surface area contributed by atoms with Crippen LogP contribution in [0.25, 0.3) is 10.8 Å². The molecule has 0 aliphatic carbocycles. The smallest absolute Gasteiger partial charge is 0.313 e. The lowest BCUT2D eigenvalue weighted by atomic mass is 10.1. The van der Waals surface area contributed by atoms with Crippen molar-refractivity contribution in [2.45, 2.75) is 5.03 Å². The summed E-state index contributed by atoms with van der Waals surface area (Å²) in [6.45, 7) is 0. The van der Waals surface area contributed by atoms with Crippen LogP contribution in [0, 0.1) is 0 Å². The normalized spacial score (nSPS) is 11.7. The average molecular weight is 290 g/mol. The molecule has 102 valence electrons. The van der Waals surface area contributed by atoms with E-state index in [1.807, 2.05) is 36.4 Å². The zero-order valence-electron chi connectivity index (χ0n) is 10.2. The molecular formula is C13H10N2O4S. The molecule has 7 heteroatoms. The quantitative estimate of drug-likeness (QED) is 0.747. The number of imidazole rings is 1. The molecule has 0 aliphatic rings. The standard InChI is InChI=1S/C13H10N2O4S/c16-20(17,18)13-8-15(9-14-13)19-12-6-5-10-3-1-2-4-11(10)7-12/h1-9H,(H,16,17,18). The SMILES string of the molecule is O=S(=O)(O)c1cn(Oc2ccc3ccccc3c2)cn1. The Morgan fingerprint density at radius 2 is 1.85 bits per heavy atom. The van der Waals surface area contributed by atoms with E-state index in [2.05, 4.69) is 4.98 Å². The van der Waals surface area contributed by atoms with Gasteiger partial charge in [0.05, 0.1) is 6.20 Å². The van der Waals surface area contributed by atoms with Gasteiger partial charge in [0.1, 0.15) is 6.33 Å². The van der Waals surface area contributed by atoms with Crippen molar-refractivity contribution in [3.8, 4) is 5.75 Å². The van der Waals surface area contributed by atoms with E-state index in [1.165, 1.54) is 0 Å². The van der Waals surface area contributed by atoms with E-state index in [-0.39, 0.29) is 0 Å². The van der Waals surface area contributed by atoms with E-state index < -0.39 is 15.1 Å². The topological polar surface area (TPSA) is 81.4 Å². The predicted molar refractivity (Wildman–Crippen MR) is 72.0 cm³/mol. The van der Waals surface area contributed by atoms with Crippen molar-refractivity contribution < 1.29 is 17.8 Å². The van der Waals surface area contributed by atoms with Crippen LogP contribution in [0.2, 0.25) is 0 Å². The van der Waals surface area contributed by atoms with Gasteiger partial charge in [-0.15, -0.1) is 0 Å². The predicted octanol–water partition coefficient (Wildman–Crippen LogP) is 2.13. The minimum Gasteiger partial charge on any atom is -0.374 e. The highest BCUT2D eigenvalue weighted by Gasteiger charge is 2.13. The fourth-order valence-corrected chi connectivity index (χ4v) is 2.24. The highest BCUT2D eigenvalue weighted by Crippen LogP contribution is 2.21. The Kier molecular flexibility index (Phi) is 2.92. The molecule has 20 heavy (non-hydrogen) atoms. The molecule has 1 aromatic heterocycles. The molecule has 6 nitrogen and oxygen atoms in total. The Morgan fingerprint density at radius 3 is 2.55 bits per heavy atom. The highest BCUT2D eigenvalue weighted by atomic mass is 32.2. The number of hydrogen-bond donors (Lipinski definition) is 1. The summed E-state index contributed by atoms with van der Waals surface area (Å²) in [6.07, 6.45) is 2.25. The van der Waals surface area contributed by atoms with Gasteiger partial charge in [0.25, 0.3) is 0 Å². The van der Waals surface area contributed by atoms with Crippen molar-refractivity contribution >= 4 is 20.9 Å². The van der Waals surface area contributed by atoms with Gasteiger partial charge >= 0.3 is 10.1 Å². The second kappa shape index (κ2) is 4.62. The van der Waals surface area contributed by atoms with E-state index in [1.54, 1.807) is 6.07 Å². The van der Waals surface area contributed by atoms with Crippen molar-refractivity contribution in [1.29, 1.82) is 0 Å². The molecule has 0 saturated heterocycles. The van der Waals surface area contributed by atoms with Gasteiger partial charge in [-0.1, -0.05) is 30.3 Å². The second-order valence-electron chi connectivity index (χ2n) is 4.15. The number of hydrogen-bond acceptors (Lipinski definition) is 4. The fraction of sp³-hybridized carbons (Fsp3) is 0. The number of benzene rings is 2. The molecule has 1 N–H and O–H groups in total. The van der Waals surface area contributed by atoms with Crippen molar-refractivity contribution in [3.05, 3.63) is 55.0 Å². The summed E-state index contributed by atoms with van der Waals surface area (Å²) in [7, 11) is -4.32. The molecule has 0 radical (unpaired) electrons. The van der Waals surface area contributed by atoms with Gasteiger partial charge in [0.2, 0.25) is 5.03 Å². The molecule has 0 spiro atoms. The van der Waals surface area contributed by atoms with Crippen LogP contribution >= 0.6 is 0 Å². The van der Waals surface area contributed by atoms with Crippen LogP contribution in [0.15, 0.2) is 60.0 Å². The molecule has 0 atom stereocenters. The van der Waals surface area contributed by atoms with Gasteiger partial charge in [0.15, 0.2) is 5.75 Å². The first kappa shape index (κ1) is 12.6. The minimum absolute atomic E-state index is 0.460. The van der Waals surface area contributed by atoms with Crippen LogP contribution in [0.4, 0.5) is 0 Å². The third-order valence-corrected chi connectivity index (χ3v) is 3.47. The molecule has 0 fully saturated rings. The lowest BCUT2D eigenvalue weighted by molar-refractivity contribution is 0.215. The zero-order valence-corrected chi connectivity index (χ0v) is 11.0. The first-order valence-corrected chi connectivity index (χ1v) is 7.15. The van der Waals surface area contributed by atoms with Crippen molar-refractivity contribution in [2.24, 2.45) is 0 Å². The number of nitrogens with zero attached hydrogens (tertiary/aromatic N) is 2. The van der Waals surface area contributed by atoms with Crippen molar-refractivity contribution in [3.63, 3.8) is 0 Å². The fourth-order valence-electron chi connectivity index (χ4n) is 1.82. The third-order valence-electron chi connectivity index (χ3n) is 2.73. The van der Waals surface area contributed by atoms with Crippen LogP contribution in [0.1, 0.15) is 0 Å². The Labute approximate surface area is 115 Å². The summed E-state index contributed by atoms with van der Waals surface area (Å²) in [5.41, 5.74) is 0. The van der Waals surface area contributed by atoms with Crippen LogP contribution in [0.3, 0.4) is 0 Å². The molecule has 0 unspecified atom stereocenters. The van der Waals surface area contributed by atoms with Crippen molar-refractivity contribution in [2.75, 3.05) is 0 Å². The molecule has 0 aliphatic heterocycles. The number of aromatic nitrogens is 2. The summed E-state index contributed by atoms with van der Waals surface area (Å²) in [4.78, 5) is 8.99. The Balaban J connectivity index is 1.91. The summed E-state index contributed by atoms with van der Waals surface area (Å²) in [6, 6.07) is 13.3. The van der Waals surface area contributed by atoms with Crippen LogP contribution < -0.4 is 4.84 Å². The van der Waals surface area contributed by atoms with E-state index in [0.717, 1.165) is 28.0 Å². The summed E-state index contributed by atoms with van der Waals surface area (Å²) >= 11 is 0. The largest absolute Gasteiger partial charge is 0.374 e. The molecule has 0 amide bonds. The molecule has 3 aromatic rings. The van der Waals surface area contributed by atoms with Crippen molar-refractivity contribution in [1.82, 2.24) is 9.71 Å². The summed E-state index contributed by atoms with van der Waals surface area (Å²) in [5, 5.41) is 1.61. The summed E-state index contributed by atoms with van der Waals surface area (Å²) in [5.74, 6) is 0.531. The van der Waals surface area contributed by atoms with E-state index in [9.17, 15) is 8.42 Å². The minimum atomic E-state index is -4.32. The monoisotopic (exact) mass is 290 g/mol. The van der Waals surface area contributed by atoms with E-state index >= 15 is 0 Å². The first-order valence-electron chi connectivity index (χ1n) is 5.71. The maximum Gasteiger partial charge on any atom is 0.313 e. The molecule has 3 rings (SSSR count). The lowest BCUT2D eigenvalue weighted by Crippen LogP contribution is -2.02. The van der Waals surface area contributed by atoms with Gasteiger partial charge in [0, 0.05) is 0 Å². The third kappa shape index (κ3) is 2.49. The Hall–Kier alpha value is -2.38. The zero-order chi connectivity index (χ0) is 14.2. The summed E-state index contributed by atoms with van der Waals surface area (Å²) < 4.78 is 31.8. The Bertz CT molecular complexity index is 871. The van der Waals surface area contributed by atoms with Crippen LogP contribution in [-0.2, 0) is 10.1 Å². The lowest BCUT2D eigenvalue weighted by Gasteiger charge is -2.06. The number of rotatable bonds is 3. The average Bonchev–Trinajstić information content (AvgIpc) is 2.87. The van der Waals surface area contributed by atoms with Gasteiger partial charge in [-0.3, -0.25) is 4.55 Å². The van der Waals surface area contributed by atoms with Gasteiger partial charge < -0.3 is 4.84 Å². The van der Waals surface area contributed by atoms with E-state index in [4.69, 9.17) is 9.39 Å². The molecule has 2 aromatic carbocycles. The molecular weight excluding hydrogens is 280 g/mol. The molecule has 0 saturated carbocycles. The maximum absolute atomic E-state index is 10.9. The van der Waals surface area contributed by atoms with Crippen LogP contribution in [-0.4, -0.2) is 22.7 Å². The molecule has 0 bridgehead atoms. The maximum atomic E-state index is 10.9. The van der Waals surface area contributed by atoms with Gasteiger partial charge in [-0.05, 0) is 22.9 Å². The number of fused-ring (bicyclic) bond motifs is 1. The Morgan fingerprint density at radius 1 is 1.10 bits per heavy atom. The molecule has 1 heterocycles. The first-order chi connectivity index (χ1) is 9.52.